The first kappa shape index (κ1) is 18.8. The Kier molecular flexibility index (Phi) is 6.03. The summed E-state index contributed by atoms with van der Waals surface area (Å²) in [4.78, 5) is 24.9. The number of hydrogen-bond donors (Lipinski definition) is 1. The SMILES string of the molecule is Cc1cc(C(=O)NCCc2ccc(N3CCOCC3)cc2)ccc1[N+](=O)[O-]. The number of rotatable bonds is 6. The lowest BCUT2D eigenvalue weighted by atomic mass is 10.1. The number of nitrogens with zero attached hydrogens (tertiary/aromatic N) is 2. The number of nitro benzene ring substituents is 1. The lowest BCUT2D eigenvalue weighted by Crippen LogP contribution is -2.36. The molecule has 1 saturated heterocycles. The van der Waals surface area contributed by atoms with Gasteiger partial charge in [-0.15, -0.1) is 0 Å². The highest BCUT2D eigenvalue weighted by molar-refractivity contribution is 5.94. The minimum atomic E-state index is -0.447. The standard InChI is InChI=1S/C20H23N3O4/c1-15-14-17(4-7-19(15)23(25)26)20(24)21-9-8-16-2-5-18(6-3-16)22-10-12-27-13-11-22/h2-7,14H,8-13H2,1H3,(H,21,24). The molecule has 3 rings (SSSR count). The van der Waals surface area contributed by atoms with Gasteiger partial charge in [-0.3, -0.25) is 14.9 Å². The summed E-state index contributed by atoms with van der Waals surface area (Å²) in [6, 6.07) is 12.8. The van der Waals surface area contributed by atoms with Crippen LogP contribution in [-0.4, -0.2) is 43.7 Å². The zero-order chi connectivity index (χ0) is 19.2. The fourth-order valence-electron chi connectivity index (χ4n) is 3.12. The van der Waals surface area contributed by atoms with Crippen molar-refractivity contribution in [1.82, 2.24) is 5.32 Å². The number of aryl methyl sites for hydroxylation is 1. The third-order valence-electron chi connectivity index (χ3n) is 4.67. The molecule has 1 aliphatic rings. The average Bonchev–Trinajstić information content (AvgIpc) is 2.68. The monoisotopic (exact) mass is 369 g/mol. The Balaban J connectivity index is 1.51. The van der Waals surface area contributed by atoms with Crippen LogP contribution < -0.4 is 10.2 Å². The van der Waals surface area contributed by atoms with E-state index in [1.165, 1.54) is 17.8 Å². The fraction of sp³-hybridized carbons (Fsp3) is 0.350. The summed E-state index contributed by atoms with van der Waals surface area (Å²) in [5, 5.41) is 13.7. The van der Waals surface area contributed by atoms with Crippen molar-refractivity contribution in [3.8, 4) is 0 Å². The number of ether oxygens (including phenoxy) is 1. The molecule has 0 unspecified atom stereocenters. The smallest absolute Gasteiger partial charge is 0.272 e. The van der Waals surface area contributed by atoms with E-state index < -0.39 is 4.92 Å². The minimum Gasteiger partial charge on any atom is -0.378 e. The van der Waals surface area contributed by atoms with E-state index in [2.05, 4.69) is 34.5 Å². The molecule has 1 amide bonds. The Morgan fingerprint density at radius 3 is 2.52 bits per heavy atom. The number of carbonyl (C=O) groups is 1. The van der Waals surface area contributed by atoms with E-state index in [4.69, 9.17) is 4.74 Å². The number of nitrogens with one attached hydrogen (secondary N) is 1. The van der Waals surface area contributed by atoms with Gasteiger partial charge in [-0.05, 0) is 43.2 Å². The number of nitro groups is 1. The molecule has 0 aromatic heterocycles. The zero-order valence-electron chi connectivity index (χ0n) is 15.3. The molecular formula is C20H23N3O4. The molecule has 7 heteroatoms. The molecule has 1 fully saturated rings. The number of anilines is 1. The molecule has 142 valence electrons. The van der Waals surface area contributed by atoms with E-state index in [1.807, 2.05) is 0 Å². The predicted molar refractivity (Wildman–Crippen MR) is 103 cm³/mol. The van der Waals surface area contributed by atoms with Gasteiger partial charge < -0.3 is 15.0 Å². The predicted octanol–water partition coefficient (Wildman–Crippen LogP) is 2.71. The van der Waals surface area contributed by atoms with E-state index in [1.54, 1.807) is 13.0 Å². The van der Waals surface area contributed by atoms with Crippen LogP contribution in [0.1, 0.15) is 21.5 Å². The molecule has 0 atom stereocenters. The first-order valence-corrected chi connectivity index (χ1v) is 8.99. The summed E-state index contributed by atoms with van der Waals surface area (Å²) < 4.78 is 5.37. The van der Waals surface area contributed by atoms with Crippen molar-refractivity contribution in [2.45, 2.75) is 13.3 Å². The van der Waals surface area contributed by atoms with Crippen LogP contribution in [0.5, 0.6) is 0 Å². The first-order valence-electron chi connectivity index (χ1n) is 8.99. The molecule has 0 bridgehead atoms. The number of amides is 1. The third-order valence-corrected chi connectivity index (χ3v) is 4.67. The Bertz CT molecular complexity index is 814. The number of morpholine rings is 1. The molecule has 0 aliphatic carbocycles. The molecule has 27 heavy (non-hydrogen) atoms. The van der Waals surface area contributed by atoms with Crippen LogP contribution in [0.3, 0.4) is 0 Å². The molecule has 1 heterocycles. The van der Waals surface area contributed by atoms with Gasteiger partial charge in [0.05, 0.1) is 18.1 Å². The van der Waals surface area contributed by atoms with Gasteiger partial charge in [0, 0.05) is 42.5 Å². The van der Waals surface area contributed by atoms with Crippen LogP contribution in [-0.2, 0) is 11.2 Å². The largest absolute Gasteiger partial charge is 0.378 e. The molecule has 0 saturated carbocycles. The summed E-state index contributed by atoms with van der Waals surface area (Å²) in [6.45, 7) is 5.47. The topological polar surface area (TPSA) is 84.7 Å². The minimum absolute atomic E-state index is 0.0203. The molecule has 1 N–H and O–H groups in total. The second-order valence-electron chi connectivity index (χ2n) is 6.53. The molecule has 7 nitrogen and oxygen atoms in total. The zero-order valence-corrected chi connectivity index (χ0v) is 15.3. The second kappa shape index (κ2) is 8.64. The number of hydrogen-bond acceptors (Lipinski definition) is 5. The van der Waals surface area contributed by atoms with Gasteiger partial charge in [0.1, 0.15) is 0 Å². The van der Waals surface area contributed by atoms with Crippen molar-refractivity contribution < 1.29 is 14.5 Å². The van der Waals surface area contributed by atoms with Crippen molar-refractivity contribution in [2.24, 2.45) is 0 Å². The summed E-state index contributed by atoms with van der Waals surface area (Å²) in [5.74, 6) is -0.224. The maximum atomic E-state index is 12.2. The van der Waals surface area contributed by atoms with Gasteiger partial charge in [-0.25, -0.2) is 0 Å². The quantitative estimate of drug-likeness (QED) is 0.625. The highest BCUT2D eigenvalue weighted by Crippen LogP contribution is 2.19. The highest BCUT2D eigenvalue weighted by atomic mass is 16.6. The maximum absolute atomic E-state index is 12.2. The summed E-state index contributed by atoms with van der Waals surface area (Å²) in [7, 11) is 0. The molecular weight excluding hydrogens is 346 g/mol. The normalized spacial score (nSPS) is 14.0. The van der Waals surface area contributed by atoms with E-state index in [9.17, 15) is 14.9 Å². The van der Waals surface area contributed by atoms with E-state index >= 15 is 0 Å². The van der Waals surface area contributed by atoms with Crippen LogP contribution in [0.2, 0.25) is 0 Å². The fourth-order valence-corrected chi connectivity index (χ4v) is 3.12. The van der Waals surface area contributed by atoms with Gasteiger partial charge in [0.25, 0.3) is 11.6 Å². The van der Waals surface area contributed by atoms with Crippen molar-refractivity contribution in [3.05, 3.63) is 69.3 Å². The van der Waals surface area contributed by atoms with Gasteiger partial charge in [0.15, 0.2) is 0 Å². The molecule has 0 spiro atoms. The third kappa shape index (κ3) is 4.83. The van der Waals surface area contributed by atoms with E-state index in [0.717, 1.165) is 38.3 Å². The summed E-state index contributed by atoms with van der Waals surface area (Å²) >= 11 is 0. The van der Waals surface area contributed by atoms with E-state index in [-0.39, 0.29) is 11.6 Å². The second-order valence-corrected chi connectivity index (χ2v) is 6.53. The van der Waals surface area contributed by atoms with Gasteiger partial charge in [-0.1, -0.05) is 12.1 Å². The van der Waals surface area contributed by atoms with Crippen LogP contribution in [0, 0.1) is 17.0 Å². The molecule has 1 aliphatic heterocycles. The van der Waals surface area contributed by atoms with Crippen molar-refractivity contribution in [2.75, 3.05) is 37.7 Å². The van der Waals surface area contributed by atoms with Crippen molar-refractivity contribution in [3.63, 3.8) is 0 Å². The Labute approximate surface area is 158 Å². The van der Waals surface area contributed by atoms with Crippen LogP contribution in [0.4, 0.5) is 11.4 Å². The van der Waals surface area contributed by atoms with Gasteiger partial charge in [-0.2, -0.15) is 0 Å². The molecule has 2 aromatic rings. The maximum Gasteiger partial charge on any atom is 0.272 e. The lowest BCUT2D eigenvalue weighted by molar-refractivity contribution is -0.385. The Morgan fingerprint density at radius 2 is 1.89 bits per heavy atom. The number of carbonyl (C=O) groups excluding carboxylic acids is 1. The van der Waals surface area contributed by atoms with Crippen LogP contribution in [0.25, 0.3) is 0 Å². The van der Waals surface area contributed by atoms with Crippen molar-refractivity contribution >= 4 is 17.3 Å². The van der Waals surface area contributed by atoms with Crippen LogP contribution >= 0.6 is 0 Å². The molecule has 2 aromatic carbocycles. The Morgan fingerprint density at radius 1 is 1.19 bits per heavy atom. The molecule has 0 radical (unpaired) electrons. The van der Waals surface area contributed by atoms with Gasteiger partial charge >= 0.3 is 0 Å². The van der Waals surface area contributed by atoms with E-state index in [0.29, 0.717) is 17.7 Å². The lowest BCUT2D eigenvalue weighted by Gasteiger charge is -2.28. The van der Waals surface area contributed by atoms with Gasteiger partial charge in [0.2, 0.25) is 0 Å². The average molecular weight is 369 g/mol. The first-order chi connectivity index (χ1) is 13.0. The van der Waals surface area contributed by atoms with Crippen molar-refractivity contribution in [1.29, 1.82) is 0 Å². The van der Waals surface area contributed by atoms with Crippen LogP contribution in [0.15, 0.2) is 42.5 Å². The summed E-state index contributed by atoms with van der Waals surface area (Å²) in [6.07, 6.45) is 0.723. The highest BCUT2D eigenvalue weighted by Gasteiger charge is 2.14. The summed E-state index contributed by atoms with van der Waals surface area (Å²) in [5.41, 5.74) is 3.26. The number of benzene rings is 2. The Hall–Kier alpha value is -2.93.